The molecule has 0 atom stereocenters. The number of anilines is 1. The quantitative estimate of drug-likeness (QED) is 0.737. The summed E-state index contributed by atoms with van der Waals surface area (Å²) in [6.45, 7) is 6.19. The van der Waals surface area contributed by atoms with Gasteiger partial charge in [0.1, 0.15) is 0 Å². The Labute approximate surface area is 153 Å². The molecule has 0 spiro atoms. The van der Waals surface area contributed by atoms with Gasteiger partial charge in [-0.2, -0.15) is 0 Å². The van der Waals surface area contributed by atoms with Crippen LogP contribution < -0.4 is 10.6 Å². The Kier molecular flexibility index (Phi) is 7.07. The molecule has 0 bridgehead atoms. The fourth-order valence-electron chi connectivity index (χ4n) is 2.08. The van der Waals surface area contributed by atoms with Crippen molar-refractivity contribution in [3.63, 3.8) is 0 Å². The van der Waals surface area contributed by atoms with Gasteiger partial charge in [0.25, 0.3) is 0 Å². The summed E-state index contributed by atoms with van der Waals surface area (Å²) in [5.74, 6) is 0.285. The van der Waals surface area contributed by atoms with Crippen LogP contribution in [0.3, 0.4) is 0 Å². The molecule has 0 aliphatic heterocycles. The fourth-order valence-corrected chi connectivity index (χ4v) is 2.81. The summed E-state index contributed by atoms with van der Waals surface area (Å²) in [6, 6.07) is 15.7. The van der Waals surface area contributed by atoms with Crippen LogP contribution in [0.25, 0.3) is 0 Å². The molecule has 4 nitrogen and oxygen atoms in total. The lowest BCUT2D eigenvalue weighted by Crippen LogP contribution is -2.24. The summed E-state index contributed by atoms with van der Waals surface area (Å²) in [6.07, 6.45) is 0. The van der Waals surface area contributed by atoms with Gasteiger partial charge >= 0.3 is 0 Å². The lowest BCUT2D eigenvalue weighted by atomic mass is 10.1. The van der Waals surface area contributed by atoms with Crippen LogP contribution in [0.15, 0.2) is 53.4 Å². The van der Waals surface area contributed by atoms with E-state index in [0.29, 0.717) is 12.3 Å². The number of rotatable bonds is 7. The topological polar surface area (TPSA) is 58.2 Å². The molecule has 0 saturated carbocycles. The summed E-state index contributed by atoms with van der Waals surface area (Å²) in [7, 11) is 0. The van der Waals surface area contributed by atoms with Crippen LogP contribution in [0.1, 0.15) is 25.0 Å². The minimum absolute atomic E-state index is 0.0119. The smallest absolute Gasteiger partial charge is 0.230 e. The second-order valence-corrected chi connectivity index (χ2v) is 7.27. The molecule has 0 fully saturated rings. The van der Waals surface area contributed by atoms with E-state index < -0.39 is 0 Å². The van der Waals surface area contributed by atoms with E-state index in [4.69, 9.17) is 0 Å². The van der Waals surface area contributed by atoms with Crippen molar-refractivity contribution in [3.8, 4) is 0 Å². The number of thioether (sulfide) groups is 1. The third kappa shape index (κ3) is 6.63. The highest BCUT2D eigenvalue weighted by atomic mass is 32.2. The molecule has 2 aromatic carbocycles. The summed E-state index contributed by atoms with van der Waals surface area (Å²) < 4.78 is 0. The van der Waals surface area contributed by atoms with Crippen molar-refractivity contribution in [2.24, 2.45) is 5.92 Å². The number of hydrogen-bond acceptors (Lipinski definition) is 3. The van der Waals surface area contributed by atoms with Gasteiger partial charge in [-0.25, -0.2) is 0 Å². The van der Waals surface area contributed by atoms with Gasteiger partial charge in [-0.3, -0.25) is 9.59 Å². The van der Waals surface area contributed by atoms with Crippen molar-refractivity contribution in [2.45, 2.75) is 32.2 Å². The van der Waals surface area contributed by atoms with Crippen LogP contribution in [0.2, 0.25) is 0 Å². The summed E-state index contributed by atoms with van der Waals surface area (Å²) in [4.78, 5) is 24.8. The molecule has 25 heavy (non-hydrogen) atoms. The SMILES string of the molecule is Cc1ccc(SCC(=O)NCc2cccc(NC(=O)C(C)C)c2)cc1. The molecule has 2 amide bonds. The van der Waals surface area contributed by atoms with E-state index in [9.17, 15) is 9.59 Å². The molecule has 0 aliphatic carbocycles. The van der Waals surface area contributed by atoms with Gasteiger partial charge < -0.3 is 10.6 Å². The molecule has 2 rings (SSSR count). The fraction of sp³-hybridized carbons (Fsp3) is 0.300. The Hall–Kier alpha value is -2.27. The molecule has 0 aromatic heterocycles. The first-order valence-corrected chi connectivity index (χ1v) is 9.28. The van der Waals surface area contributed by atoms with Gasteiger partial charge in [-0.05, 0) is 36.8 Å². The number of aryl methyl sites for hydroxylation is 1. The molecule has 0 heterocycles. The molecule has 0 unspecified atom stereocenters. The monoisotopic (exact) mass is 356 g/mol. The van der Waals surface area contributed by atoms with Crippen molar-refractivity contribution in [1.82, 2.24) is 5.32 Å². The first kappa shape index (κ1) is 19.1. The van der Waals surface area contributed by atoms with Crippen LogP contribution in [-0.4, -0.2) is 17.6 Å². The third-order valence-corrected chi connectivity index (χ3v) is 4.61. The maximum atomic E-state index is 12.0. The van der Waals surface area contributed by atoms with E-state index in [2.05, 4.69) is 10.6 Å². The Balaban J connectivity index is 1.81. The van der Waals surface area contributed by atoms with Gasteiger partial charge in [0.05, 0.1) is 5.75 Å². The van der Waals surface area contributed by atoms with Gasteiger partial charge in [0, 0.05) is 23.0 Å². The lowest BCUT2D eigenvalue weighted by Gasteiger charge is -2.10. The molecular weight excluding hydrogens is 332 g/mol. The third-order valence-electron chi connectivity index (χ3n) is 3.60. The minimum atomic E-state index is -0.0674. The van der Waals surface area contributed by atoms with Crippen LogP contribution in [0.5, 0.6) is 0 Å². The Morgan fingerprint density at radius 1 is 1.08 bits per heavy atom. The van der Waals surface area contributed by atoms with E-state index in [1.165, 1.54) is 17.3 Å². The lowest BCUT2D eigenvalue weighted by molar-refractivity contribution is -0.119. The Morgan fingerprint density at radius 2 is 1.80 bits per heavy atom. The maximum Gasteiger partial charge on any atom is 0.230 e. The molecule has 0 saturated heterocycles. The number of carbonyl (C=O) groups excluding carboxylic acids is 2. The number of amides is 2. The van der Waals surface area contributed by atoms with Crippen molar-refractivity contribution in [3.05, 3.63) is 59.7 Å². The second kappa shape index (κ2) is 9.28. The highest BCUT2D eigenvalue weighted by Crippen LogP contribution is 2.18. The van der Waals surface area contributed by atoms with Crippen molar-refractivity contribution < 1.29 is 9.59 Å². The van der Waals surface area contributed by atoms with Crippen molar-refractivity contribution >= 4 is 29.3 Å². The molecule has 0 aliphatic rings. The van der Waals surface area contributed by atoms with Gasteiger partial charge in [0.2, 0.25) is 11.8 Å². The molecule has 2 aromatic rings. The van der Waals surface area contributed by atoms with E-state index in [-0.39, 0.29) is 17.7 Å². The van der Waals surface area contributed by atoms with Gasteiger partial charge in [0.15, 0.2) is 0 Å². The zero-order valence-corrected chi connectivity index (χ0v) is 15.7. The largest absolute Gasteiger partial charge is 0.351 e. The van der Waals surface area contributed by atoms with Crippen LogP contribution in [-0.2, 0) is 16.1 Å². The van der Waals surface area contributed by atoms with Crippen LogP contribution in [0, 0.1) is 12.8 Å². The second-order valence-electron chi connectivity index (χ2n) is 6.22. The van der Waals surface area contributed by atoms with Gasteiger partial charge in [-0.1, -0.05) is 43.7 Å². The van der Waals surface area contributed by atoms with Gasteiger partial charge in [-0.15, -0.1) is 11.8 Å². The molecule has 5 heteroatoms. The normalized spacial score (nSPS) is 10.6. The minimum Gasteiger partial charge on any atom is -0.351 e. The maximum absolute atomic E-state index is 12.0. The predicted octanol–water partition coefficient (Wildman–Crippen LogP) is 4.00. The molecule has 0 radical (unpaired) electrons. The summed E-state index contributed by atoms with van der Waals surface area (Å²) in [5.41, 5.74) is 2.91. The zero-order valence-electron chi connectivity index (χ0n) is 14.8. The van der Waals surface area contributed by atoms with E-state index in [1.54, 1.807) is 0 Å². The Bertz CT molecular complexity index is 727. The van der Waals surface area contributed by atoms with Crippen molar-refractivity contribution in [1.29, 1.82) is 0 Å². The van der Waals surface area contributed by atoms with E-state index in [1.807, 2.05) is 69.3 Å². The average molecular weight is 356 g/mol. The predicted molar refractivity (Wildman–Crippen MR) is 104 cm³/mol. The number of hydrogen-bond donors (Lipinski definition) is 2. The number of benzene rings is 2. The molecular formula is C20H24N2O2S. The van der Waals surface area contributed by atoms with Crippen molar-refractivity contribution in [2.75, 3.05) is 11.1 Å². The summed E-state index contributed by atoms with van der Waals surface area (Å²) >= 11 is 1.52. The average Bonchev–Trinajstić information content (AvgIpc) is 2.59. The van der Waals surface area contributed by atoms with Crippen LogP contribution in [0.4, 0.5) is 5.69 Å². The number of carbonyl (C=O) groups is 2. The first-order valence-electron chi connectivity index (χ1n) is 8.30. The Morgan fingerprint density at radius 3 is 2.48 bits per heavy atom. The summed E-state index contributed by atoms with van der Waals surface area (Å²) in [5, 5.41) is 5.78. The standard InChI is InChI=1S/C20H24N2O2S/c1-14(2)20(24)22-17-6-4-5-16(11-17)12-21-19(23)13-25-18-9-7-15(3)8-10-18/h4-11,14H,12-13H2,1-3H3,(H,21,23)(H,22,24). The zero-order chi connectivity index (χ0) is 18.2. The van der Waals surface area contributed by atoms with E-state index in [0.717, 1.165) is 16.1 Å². The number of nitrogens with one attached hydrogen (secondary N) is 2. The molecule has 2 N–H and O–H groups in total. The highest BCUT2D eigenvalue weighted by Gasteiger charge is 2.08. The first-order chi connectivity index (χ1) is 11.9. The molecule has 132 valence electrons. The highest BCUT2D eigenvalue weighted by molar-refractivity contribution is 8.00. The van der Waals surface area contributed by atoms with E-state index >= 15 is 0 Å². The van der Waals surface area contributed by atoms with Crippen LogP contribution >= 0.6 is 11.8 Å².